The highest BCUT2D eigenvalue weighted by molar-refractivity contribution is 7.18. The Bertz CT molecular complexity index is 952. The molecule has 0 fully saturated rings. The molecule has 0 bridgehead atoms. The van der Waals surface area contributed by atoms with Crippen LogP contribution in [0.4, 0.5) is 0 Å². The Balaban J connectivity index is 1.48. The van der Waals surface area contributed by atoms with Gasteiger partial charge in [0.2, 0.25) is 0 Å². The minimum absolute atomic E-state index is 0.296. The van der Waals surface area contributed by atoms with Crippen molar-refractivity contribution >= 4 is 33.4 Å². The molecule has 0 aliphatic carbocycles. The molecule has 1 heterocycles. The van der Waals surface area contributed by atoms with Crippen LogP contribution in [0.1, 0.15) is 17.5 Å². The van der Waals surface area contributed by atoms with Gasteiger partial charge in [-0.2, -0.15) is 0 Å². The maximum absolute atomic E-state index is 12.3. The second-order valence-electron chi connectivity index (χ2n) is 6.51. The average molecular weight is 398 g/mol. The molecule has 1 aromatic heterocycles. The van der Waals surface area contributed by atoms with Crippen molar-refractivity contribution in [3.63, 3.8) is 0 Å². The first kappa shape index (κ1) is 19.8. The fraction of sp³-hybridized carbons (Fsp3) is 0.286. The number of rotatable bonds is 7. The van der Waals surface area contributed by atoms with Crippen LogP contribution in [-0.2, 0) is 20.9 Å². The van der Waals surface area contributed by atoms with E-state index >= 15 is 0 Å². The Morgan fingerprint density at radius 1 is 1.18 bits per heavy atom. The number of likely N-dealkylation sites (N-methyl/N-ethyl adjacent to an activating group) is 1. The molecular weight excluding hydrogens is 376 g/mol. The zero-order chi connectivity index (χ0) is 20.1. The van der Waals surface area contributed by atoms with E-state index in [1.807, 2.05) is 49.4 Å². The molecule has 0 aliphatic rings. The van der Waals surface area contributed by atoms with E-state index in [-0.39, 0.29) is 12.5 Å². The molecule has 0 saturated carbocycles. The molecule has 146 valence electrons. The number of thiazole rings is 1. The average Bonchev–Trinajstić information content (AvgIpc) is 3.07. The Kier molecular flexibility index (Phi) is 6.26. The predicted octanol–water partition coefficient (Wildman–Crippen LogP) is 3.57. The number of esters is 1. The van der Waals surface area contributed by atoms with E-state index < -0.39 is 12.1 Å². The SMILES string of the molecule is Cc1cccc(O[C@@H](C)C(=O)OCC(=O)N(C)Cc2nc3ccccc3s2)c1. The molecule has 2 aromatic carbocycles. The van der Waals surface area contributed by atoms with Crippen LogP contribution in [-0.4, -0.2) is 41.5 Å². The number of hydrogen-bond donors (Lipinski definition) is 0. The number of fused-ring (bicyclic) bond motifs is 1. The number of amides is 1. The monoisotopic (exact) mass is 398 g/mol. The van der Waals surface area contributed by atoms with Crippen LogP contribution in [0.25, 0.3) is 10.2 Å². The molecule has 0 N–H and O–H groups in total. The number of benzene rings is 2. The van der Waals surface area contributed by atoms with Gasteiger partial charge in [-0.25, -0.2) is 9.78 Å². The van der Waals surface area contributed by atoms with Gasteiger partial charge >= 0.3 is 5.97 Å². The molecule has 0 saturated heterocycles. The van der Waals surface area contributed by atoms with Crippen molar-refractivity contribution in [1.29, 1.82) is 0 Å². The first-order valence-electron chi connectivity index (χ1n) is 8.91. The highest BCUT2D eigenvalue weighted by Crippen LogP contribution is 2.22. The summed E-state index contributed by atoms with van der Waals surface area (Å²) in [6.45, 7) is 3.57. The maximum Gasteiger partial charge on any atom is 0.347 e. The number of carbonyl (C=O) groups excluding carboxylic acids is 2. The van der Waals surface area contributed by atoms with Crippen molar-refractivity contribution in [1.82, 2.24) is 9.88 Å². The Hall–Kier alpha value is -2.93. The zero-order valence-electron chi connectivity index (χ0n) is 16.0. The third kappa shape index (κ3) is 5.07. The van der Waals surface area contributed by atoms with E-state index in [0.29, 0.717) is 12.3 Å². The largest absolute Gasteiger partial charge is 0.479 e. The smallest absolute Gasteiger partial charge is 0.347 e. The summed E-state index contributed by atoms with van der Waals surface area (Å²) in [6, 6.07) is 15.2. The zero-order valence-corrected chi connectivity index (χ0v) is 16.9. The summed E-state index contributed by atoms with van der Waals surface area (Å²) in [5.41, 5.74) is 1.95. The predicted molar refractivity (Wildman–Crippen MR) is 108 cm³/mol. The minimum Gasteiger partial charge on any atom is -0.479 e. The molecule has 1 atom stereocenters. The molecule has 6 nitrogen and oxygen atoms in total. The Morgan fingerprint density at radius 2 is 1.96 bits per heavy atom. The molecule has 0 unspecified atom stereocenters. The standard InChI is InChI=1S/C21H22N2O4S/c1-14-7-6-8-16(11-14)27-15(2)21(25)26-13-20(24)23(3)12-19-22-17-9-4-5-10-18(17)28-19/h4-11,15H,12-13H2,1-3H3/t15-/m0/s1. The summed E-state index contributed by atoms with van der Waals surface area (Å²) < 4.78 is 11.8. The van der Waals surface area contributed by atoms with E-state index in [1.54, 1.807) is 31.4 Å². The van der Waals surface area contributed by atoms with Gasteiger partial charge < -0.3 is 14.4 Å². The Labute approximate surface area is 167 Å². The van der Waals surface area contributed by atoms with E-state index in [0.717, 1.165) is 20.8 Å². The number of nitrogens with zero attached hydrogens (tertiary/aromatic N) is 2. The molecule has 28 heavy (non-hydrogen) atoms. The fourth-order valence-electron chi connectivity index (χ4n) is 2.58. The van der Waals surface area contributed by atoms with Gasteiger partial charge in [0.15, 0.2) is 12.7 Å². The summed E-state index contributed by atoms with van der Waals surface area (Å²) in [4.78, 5) is 30.4. The maximum atomic E-state index is 12.3. The van der Waals surface area contributed by atoms with E-state index in [1.165, 1.54) is 4.90 Å². The van der Waals surface area contributed by atoms with E-state index in [2.05, 4.69) is 4.98 Å². The topological polar surface area (TPSA) is 68.7 Å². The summed E-state index contributed by atoms with van der Waals surface area (Å²) in [5.74, 6) is -0.290. The molecule has 7 heteroatoms. The lowest BCUT2D eigenvalue weighted by molar-refractivity contribution is -0.157. The summed E-state index contributed by atoms with van der Waals surface area (Å²) >= 11 is 1.54. The lowest BCUT2D eigenvalue weighted by Gasteiger charge is -2.17. The molecule has 1 amide bonds. The van der Waals surface area contributed by atoms with Gasteiger partial charge in [0.25, 0.3) is 5.91 Å². The van der Waals surface area contributed by atoms with Gasteiger partial charge in [0, 0.05) is 7.05 Å². The molecule has 0 aliphatic heterocycles. The molecule has 0 radical (unpaired) electrons. The number of ether oxygens (including phenoxy) is 2. The minimum atomic E-state index is -0.802. The quantitative estimate of drug-likeness (QED) is 0.569. The van der Waals surface area contributed by atoms with Gasteiger partial charge in [0.1, 0.15) is 10.8 Å². The molecule has 3 rings (SSSR count). The first-order valence-corrected chi connectivity index (χ1v) is 9.72. The number of para-hydroxylation sites is 1. The first-order chi connectivity index (χ1) is 13.4. The second kappa shape index (κ2) is 8.84. The van der Waals surface area contributed by atoms with Crippen LogP contribution in [0.5, 0.6) is 5.75 Å². The van der Waals surface area contributed by atoms with Crippen molar-refractivity contribution in [2.24, 2.45) is 0 Å². The Morgan fingerprint density at radius 3 is 2.71 bits per heavy atom. The van der Waals surface area contributed by atoms with Crippen molar-refractivity contribution in [3.05, 3.63) is 59.1 Å². The normalized spacial score (nSPS) is 11.8. The van der Waals surface area contributed by atoms with Crippen LogP contribution in [0, 0.1) is 6.92 Å². The second-order valence-corrected chi connectivity index (χ2v) is 7.62. The van der Waals surface area contributed by atoms with Gasteiger partial charge in [0.05, 0.1) is 16.8 Å². The van der Waals surface area contributed by atoms with Crippen molar-refractivity contribution in [3.8, 4) is 5.75 Å². The summed E-state index contributed by atoms with van der Waals surface area (Å²) in [6.07, 6.45) is -0.802. The number of hydrogen-bond acceptors (Lipinski definition) is 6. The lowest BCUT2D eigenvalue weighted by atomic mass is 10.2. The van der Waals surface area contributed by atoms with Crippen LogP contribution in [0.3, 0.4) is 0 Å². The highest BCUT2D eigenvalue weighted by Gasteiger charge is 2.20. The van der Waals surface area contributed by atoms with E-state index in [9.17, 15) is 9.59 Å². The number of carbonyl (C=O) groups is 2. The highest BCUT2D eigenvalue weighted by atomic mass is 32.1. The van der Waals surface area contributed by atoms with E-state index in [4.69, 9.17) is 9.47 Å². The summed E-state index contributed by atoms with van der Waals surface area (Å²) in [7, 11) is 1.66. The van der Waals surface area contributed by atoms with Crippen LogP contribution < -0.4 is 4.74 Å². The number of aryl methyl sites for hydroxylation is 1. The third-order valence-electron chi connectivity index (χ3n) is 4.11. The molecular formula is C21H22N2O4S. The summed E-state index contributed by atoms with van der Waals surface area (Å²) in [5, 5.41) is 0.833. The third-order valence-corrected chi connectivity index (χ3v) is 5.13. The van der Waals surface area contributed by atoms with Crippen molar-refractivity contribution in [2.75, 3.05) is 13.7 Å². The van der Waals surface area contributed by atoms with Crippen LogP contribution in [0.2, 0.25) is 0 Å². The van der Waals surface area contributed by atoms with Crippen LogP contribution >= 0.6 is 11.3 Å². The van der Waals surface area contributed by atoms with Crippen LogP contribution in [0.15, 0.2) is 48.5 Å². The molecule has 3 aromatic rings. The molecule has 0 spiro atoms. The number of aromatic nitrogens is 1. The van der Waals surface area contributed by atoms with Crippen molar-refractivity contribution in [2.45, 2.75) is 26.5 Å². The van der Waals surface area contributed by atoms with Gasteiger partial charge in [-0.3, -0.25) is 4.79 Å². The van der Waals surface area contributed by atoms with Crippen molar-refractivity contribution < 1.29 is 19.1 Å². The van der Waals surface area contributed by atoms with Gasteiger partial charge in [-0.15, -0.1) is 11.3 Å². The lowest BCUT2D eigenvalue weighted by Crippen LogP contribution is -2.33. The van der Waals surface area contributed by atoms with Gasteiger partial charge in [-0.1, -0.05) is 24.3 Å². The van der Waals surface area contributed by atoms with Gasteiger partial charge in [-0.05, 0) is 43.7 Å². The fourth-order valence-corrected chi connectivity index (χ4v) is 3.60.